The molecule has 4 rings (SSSR count). The largest absolute Gasteiger partial charge is 0.248 e. The fourth-order valence-electron chi connectivity index (χ4n) is 1.24. The Morgan fingerprint density at radius 2 is 2.00 bits per heavy atom. The van der Waals surface area contributed by atoms with Crippen molar-refractivity contribution in [1.82, 2.24) is 35.3 Å². The summed E-state index contributed by atoms with van der Waals surface area (Å²) in [5.74, 6) is 0.392. The van der Waals surface area contributed by atoms with E-state index in [2.05, 4.69) is 45.9 Å². The molecule has 11 nitrogen and oxygen atoms in total. The van der Waals surface area contributed by atoms with Gasteiger partial charge in [0.2, 0.25) is 22.8 Å². The van der Waals surface area contributed by atoms with Gasteiger partial charge in [-0.1, -0.05) is 5.12 Å². The molecule has 0 aromatic carbocycles. The van der Waals surface area contributed by atoms with Gasteiger partial charge in [0.15, 0.2) is 0 Å². The van der Waals surface area contributed by atoms with Crippen LogP contribution in [0.2, 0.25) is 0 Å². The third kappa shape index (κ3) is 0.738. The van der Waals surface area contributed by atoms with Crippen molar-refractivity contribution in [3.63, 3.8) is 0 Å². The molecule has 3 aromatic heterocycles. The van der Waals surface area contributed by atoms with Crippen LogP contribution in [0, 0.1) is 0 Å². The van der Waals surface area contributed by atoms with Gasteiger partial charge in [-0.05, 0) is 31.2 Å². The first-order valence-corrected chi connectivity index (χ1v) is 3.85. The van der Waals surface area contributed by atoms with Crippen molar-refractivity contribution in [2.45, 2.75) is 0 Å². The maximum absolute atomic E-state index is 4.54. The highest BCUT2D eigenvalue weighted by Gasteiger charge is 2.25. The van der Waals surface area contributed by atoms with Crippen LogP contribution in [0.3, 0.4) is 0 Å². The minimum absolute atomic E-state index is 0.294. The zero-order valence-electron chi connectivity index (χ0n) is 6.88. The van der Waals surface area contributed by atoms with Gasteiger partial charge in [0.1, 0.15) is 0 Å². The highest BCUT2D eigenvalue weighted by Crippen LogP contribution is 2.25. The smallest absolute Gasteiger partial charge is 0.240 e. The average Bonchev–Trinajstić information content (AvgIpc) is 2.79. The lowest BCUT2D eigenvalue weighted by molar-refractivity contribution is 0.313. The summed E-state index contributed by atoms with van der Waals surface area (Å²) in [4.78, 5) is 4.11. The number of hydrogen-bond donors (Lipinski definition) is 0. The predicted molar refractivity (Wildman–Crippen MR) is 41.3 cm³/mol. The van der Waals surface area contributed by atoms with Crippen molar-refractivity contribution < 1.29 is 4.63 Å². The standard InChI is InChI=1S/C4N10O/c5-1-2(8-15-7-1)13-4(6-9-10-13)3(5)14-11-12-14. The Morgan fingerprint density at radius 3 is 2.87 bits per heavy atom. The number of rotatable bonds is 1. The van der Waals surface area contributed by atoms with Gasteiger partial charge in [0.25, 0.3) is 0 Å². The van der Waals surface area contributed by atoms with Crippen molar-refractivity contribution in [1.29, 1.82) is 0 Å². The Labute approximate surface area is 79.3 Å². The SMILES string of the molecule is N1=NN1c1nc2nonc2n2nnnc12. The van der Waals surface area contributed by atoms with Crippen LogP contribution in [-0.4, -0.2) is 35.3 Å². The van der Waals surface area contributed by atoms with Gasteiger partial charge < -0.3 is 0 Å². The summed E-state index contributed by atoms with van der Waals surface area (Å²) in [6.07, 6.45) is 0. The third-order valence-corrected chi connectivity index (χ3v) is 1.90. The predicted octanol–water partition coefficient (Wildman–Crippen LogP) is -0.842. The summed E-state index contributed by atoms with van der Waals surface area (Å²) in [6.45, 7) is 0. The van der Waals surface area contributed by atoms with Crippen LogP contribution in [0.15, 0.2) is 15.1 Å². The lowest BCUT2D eigenvalue weighted by atomic mass is 10.6. The fraction of sp³-hybridized carbons (Fsp3) is 0. The van der Waals surface area contributed by atoms with Gasteiger partial charge >= 0.3 is 0 Å². The molecule has 0 fully saturated rings. The second-order valence-electron chi connectivity index (χ2n) is 2.73. The number of aromatic nitrogens is 7. The lowest BCUT2D eigenvalue weighted by Crippen LogP contribution is -2.01. The molecule has 0 atom stereocenters. The zero-order chi connectivity index (χ0) is 9.83. The molecule has 15 heavy (non-hydrogen) atoms. The molecular weight excluding hydrogens is 204 g/mol. The Balaban J connectivity index is 2.23. The van der Waals surface area contributed by atoms with E-state index in [1.165, 1.54) is 9.63 Å². The Kier molecular flexibility index (Phi) is 0.902. The number of anilines is 1. The average molecular weight is 204 g/mol. The van der Waals surface area contributed by atoms with E-state index in [-0.39, 0.29) is 0 Å². The molecule has 72 valence electrons. The maximum atomic E-state index is 4.54. The van der Waals surface area contributed by atoms with Crippen LogP contribution in [0.1, 0.15) is 0 Å². The van der Waals surface area contributed by atoms with Crippen molar-refractivity contribution in [2.24, 2.45) is 10.4 Å². The molecule has 0 aliphatic carbocycles. The Bertz CT molecular complexity index is 688. The topological polar surface area (TPSA) is 123 Å². The summed E-state index contributed by atoms with van der Waals surface area (Å²) in [5.41, 5.74) is 1.03. The second-order valence-corrected chi connectivity index (χ2v) is 2.73. The van der Waals surface area contributed by atoms with Gasteiger partial charge in [0, 0.05) is 0 Å². The molecule has 4 heterocycles. The number of tetrazole rings is 1. The van der Waals surface area contributed by atoms with Gasteiger partial charge in [-0.15, -0.1) is 5.10 Å². The molecule has 0 N–H and O–H groups in total. The summed E-state index contributed by atoms with van der Waals surface area (Å²) in [7, 11) is 0. The van der Waals surface area contributed by atoms with E-state index in [4.69, 9.17) is 0 Å². The zero-order valence-corrected chi connectivity index (χ0v) is 6.88. The van der Waals surface area contributed by atoms with E-state index in [9.17, 15) is 0 Å². The molecule has 0 saturated carbocycles. The first-order valence-electron chi connectivity index (χ1n) is 3.85. The highest BCUT2D eigenvalue weighted by atomic mass is 16.6. The maximum Gasteiger partial charge on any atom is 0.248 e. The van der Waals surface area contributed by atoms with E-state index in [1.807, 2.05) is 0 Å². The van der Waals surface area contributed by atoms with Gasteiger partial charge in [-0.3, -0.25) is 0 Å². The normalized spacial score (nSPS) is 14.3. The summed E-state index contributed by atoms with van der Waals surface area (Å²) in [6, 6.07) is 0. The first-order chi connectivity index (χ1) is 7.43. The summed E-state index contributed by atoms with van der Waals surface area (Å²) < 4.78 is 5.90. The molecule has 11 heteroatoms. The van der Waals surface area contributed by atoms with E-state index in [0.29, 0.717) is 22.8 Å². The Hall–Kier alpha value is -2.72. The van der Waals surface area contributed by atoms with Crippen LogP contribution in [0.4, 0.5) is 5.82 Å². The van der Waals surface area contributed by atoms with Crippen LogP contribution >= 0.6 is 0 Å². The van der Waals surface area contributed by atoms with E-state index >= 15 is 0 Å². The quantitative estimate of drug-likeness (QED) is 0.502. The molecule has 3 aromatic rings. The van der Waals surface area contributed by atoms with Crippen LogP contribution in [0.5, 0.6) is 0 Å². The fourth-order valence-corrected chi connectivity index (χ4v) is 1.24. The summed E-state index contributed by atoms with van der Waals surface area (Å²) in [5, 5.41) is 26.7. The molecule has 0 bridgehead atoms. The molecule has 1 aliphatic rings. The minimum atomic E-state index is 0.294. The number of hydrogen-bond acceptors (Lipinski definition) is 10. The molecule has 0 saturated heterocycles. The van der Waals surface area contributed by atoms with Gasteiger partial charge in [-0.25, -0.2) is 4.63 Å². The third-order valence-electron chi connectivity index (χ3n) is 1.90. The van der Waals surface area contributed by atoms with Crippen molar-refractivity contribution in [3.05, 3.63) is 0 Å². The van der Waals surface area contributed by atoms with E-state index in [1.54, 1.807) is 0 Å². The van der Waals surface area contributed by atoms with Crippen LogP contribution < -0.4 is 5.12 Å². The van der Waals surface area contributed by atoms with Crippen molar-refractivity contribution >= 4 is 22.8 Å². The summed E-state index contributed by atoms with van der Waals surface area (Å²) >= 11 is 0. The Morgan fingerprint density at radius 1 is 1.07 bits per heavy atom. The van der Waals surface area contributed by atoms with Crippen molar-refractivity contribution in [3.8, 4) is 0 Å². The van der Waals surface area contributed by atoms with E-state index < -0.39 is 0 Å². The monoisotopic (exact) mass is 204 g/mol. The van der Waals surface area contributed by atoms with Crippen molar-refractivity contribution in [2.75, 3.05) is 5.12 Å². The molecule has 0 spiro atoms. The molecule has 1 aliphatic heterocycles. The highest BCUT2D eigenvalue weighted by molar-refractivity contribution is 5.76. The van der Waals surface area contributed by atoms with Crippen LogP contribution in [-0.2, 0) is 0 Å². The minimum Gasteiger partial charge on any atom is -0.240 e. The molecule has 0 unspecified atom stereocenters. The first kappa shape index (κ1) is 6.69. The van der Waals surface area contributed by atoms with Gasteiger partial charge in [0.05, 0.1) is 0 Å². The lowest BCUT2D eigenvalue weighted by Gasteiger charge is -1.95. The number of nitrogens with zero attached hydrogens (tertiary/aromatic N) is 10. The van der Waals surface area contributed by atoms with Gasteiger partial charge in [-0.2, -0.15) is 9.50 Å². The van der Waals surface area contributed by atoms with Crippen LogP contribution in [0.25, 0.3) is 16.9 Å². The number of fused-ring (bicyclic) bond motifs is 3. The second kappa shape index (κ2) is 2.02. The molecular formula is C4N10O. The molecule has 0 amide bonds. The van der Waals surface area contributed by atoms with E-state index in [0.717, 1.165) is 0 Å². The molecule has 0 radical (unpaired) electrons.